The first-order valence-electron chi connectivity index (χ1n) is 8.44. The van der Waals surface area contributed by atoms with Gasteiger partial charge in [0.25, 0.3) is 0 Å². The minimum absolute atomic E-state index is 0.892. The van der Waals surface area contributed by atoms with Crippen LogP contribution < -0.4 is 9.47 Å². The van der Waals surface area contributed by atoms with Crippen LogP contribution in [0.1, 0.15) is 16.7 Å². The summed E-state index contributed by atoms with van der Waals surface area (Å²) in [5.74, 6) is 1.81. The van der Waals surface area contributed by atoms with Gasteiger partial charge in [-0.05, 0) is 84.0 Å². The van der Waals surface area contributed by atoms with Crippen LogP contribution in [0.2, 0.25) is 0 Å². The third kappa shape index (κ3) is 3.39. The lowest BCUT2D eigenvalue weighted by molar-refractivity contribution is 0.412. The highest BCUT2D eigenvalue weighted by Gasteiger charge is 2.09. The maximum Gasteiger partial charge on any atom is 0.121 e. The molecular weight excluding hydrogens is 308 g/mol. The molecule has 2 heteroatoms. The van der Waals surface area contributed by atoms with Crippen molar-refractivity contribution in [1.82, 2.24) is 0 Å². The van der Waals surface area contributed by atoms with E-state index in [4.69, 9.17) is 9.47 Å². The van der Waals surface area contributed by atoms with Crippen LogP contribution in [0.3, 0.4) is 0 Å². The van der Waals surface area contributed by atoms with E-state index in [1.165, 1.54) is 33.4 Å². The molecule has 0 bridgehead atoms. The number of hydrogen-bond donors (Lipinski definition) is 0. The van der Waals surface area contributed by atoms with E-state index in [-0.39, 0.29) is 0 Å². The second-order valence-electron chi connectivity index (χ2n) is 6.39. The van der Waals surface area contributed by atoms with Crippen molar-refractivity contribution in [2.24, 2.45) is 0 Å². The number of methoxy groups -OCH3 is 2. The Kier molecular flexibility index (Phi) is 4.80. The minimum atomic E-state index is 0.892. The van der Waals surface area contributed by atoms with E-state index in [2.05, 4.69) is 63.2 Å². The summed E-state index contributed by atoms with van der Waals surface area (Å²) < 4.78 is 10.7. The van der Waals surface area contributed by atoms with Crippen LogP contribution in [-0.2, 0) is 0 Å². The lowest BCUT2D eigenvalue weighted by atomic mass is 9.93. The van der Waals surface area contributed by atoms with Gasteiger partial charge in [0.2, 0.25) is 0 Å². The molecule has 3 rings (SSSR count). The van der Waals surface area contributed by atoms with Gasteiger partial charge in [0.05, 0.1) is 14.2 Å². The topological polar surface area (TPSA) is 18.5 Å². The molecule has 0 saturated carbocycles. The number of aryl methyl sites for hydroxylation is 3. The summed E-state index contributed by atoms with van der Waals surface area (Å²) in [5.41, 5.74) is 8.56. The fourth-order valence-electron chi connectivity index (χ4n) is 3.29. The van der Waals surface area contributed by atoms with Gasteiger partial charge in [-0.1, -0.05) is 30.3 Å². The monoisotopic (exact) mass is 332 g/mol. The molecule has 0 N–H and O–H groups in total. The SMILES string of the molecule is COc1ccc(-c2ccc(-c3ccc(OC)c(C)c3)c(C)c2)c(C)c1. The van der Waals surface area contributed by atoms with E-state index >= 15 is 0 Å². The van der Waals surface area contributed by atoms with Crippen LogP contribution in [0, 0.1) is 20.8 Å². The Morgan fingerprint density at radius 3 is 1.64 bits per heavy atom. The van der Waals surface area contributed by atoms with Crippen LogP contribution >= 0.6 is 0 Å². The zero-order chi connectivity index (χ0) is 18.0. The molecule has 0 amide bonds. The molecule has 3 aromatic rings. The molecule has 0 unspecified atom stereocenters. The van der Waals surface area contributed by atoms with Crippen molar-refractivity contribution in [3.63, 3.8) is 0 Å². The summed E-state index contributed by atoms with van der Waals surface area (Å²) in [4.78, 5) is 0. The van der Waals surface area contributed by atoms with Gasteiger partial charge < -0.3 is 9.47 Å². The summed E-state index contributed by atoms with van der Waals surface area (Å²) in [6.07, 6.45) is 0. The van der Waals surface area contributed by atoms with E-state index in [0.29, 0.717) is 0 Å². The zero-order valence-electron chi connectivity index (χ0n) is 15.5. The summed E-state index contributed by atoms with van der Waals surface area (Å²) in [6.45, 7) is 6.36. The van der Waals surface area contributed by atoms with Gasteiger partial charge in [-0.25, -0.2) is 0 Å². The minimum Gasteiger partial charge on any atom is -0.497 e. The predicted molar refractivity (Wildman–Crippen MR) is 105 cm³/mol. The smallest absolute Gasteiger partial charge is 0.121 e. The van der Waals surface area contributed by atoms with Crippen molar-refractivity contribution in [2.45, 2.75) is 20.8 Å². The molecule has 0 spiro atoms. The molecule has 2 nitrogen and oxygen atoms in total. The van der Waals surface area contributed by atoms with Crippen LogP contribution in [0.4, 0.5) is 0 Å². The van der Waals surface area contributed by atoms with Crippen molar-refractivity contribution in [1.29, 1.82) is 0 Å². The van der Waals surface area contributed by atoms with Crippen LogP contribution in [0.15, 0.2) is 54.6 Å². The van der Waals surface area contributed by atoms with Gasteiger partial charge in [-0.15, -0.1) is 0 Å². The van der Waals surface area contributed by atoms with E-state index in [9.17, 15) is 0 Å². The Morgan fingerprint density at radius 2 is 1.12 bits per heavy atom. The van der Waals surface area contributed by atoms with E-state index < -0.39 is 0 Å². The Bertz CT molecular complexity index is 910. The molecular formula is C23H24O2. The molecule has 0 aliphatic heterocycles. The molecule has 25 heavy (non-hydrogen) atoms. The number of benzene rings is 3. The van der Waals surface area contributed by atoms with Crippen LogP contribution in [0.25, 0.3) is 22.3 Å². The third-order valence-electron chi connectivity index (χ3n) is 4.68. The lowest BCUT2D eigenvalue weighted by Gasteiger charge is -2.13. The van der Waals surface area contributed by atoms with E-state index in [1.54, 1.807) is 14.2 Å². The Hall–Kier alpha value is -2.74. The standard InChI is InChI=1S/C23H24O2/c1-15-12-18(22-10-8-20(24-4)14-16(22)2)6-9-21(15)19-7-11-23(25-5)17(3)13-19/h6-14H,1-5H3. The van der Waals surface area contributed by atoms with Gasteiger partial charge in [-0.2, -0.15) is 0 Å². The van der Waals surface area contributed by atoms with Crippen LogP contribution in [0.5, 0.6) is 11.5 Å². The van der Waals surface area contributed by atoms with Crippen molar-refractivity contribution in [3.8, 4) is 33.8 Å². The van der Waals surface area contributed by atoms with Gasteiger partial charge in [-0.3, -0.25) is 0 Å². The van der Waals surface area contributed by atoms with Gasteiger partial charge in [0.15, 0.2) is 0 Å². The lowest BCUT2D eigenvalue weighted by Crippen LogP contribution is -1.91. The fraction of sp³-hybridized carbons (Fsp3) is 0.217. The average Bonchev–Trinajstić information content (AvgIpc) is 2.61. The number of hydrogen-bond acceptors (Lipinski definition) is 2. The predicted octanol–water partition coefficient (Wildman–Crippen LogP) is 5.96. The van der Waals surface area contributed by atoms with Crippen molar-refractivity contribution >= 4 is 0 Å². The quantitative estimate of drug-likeness (QED) is 0.586. The molecule has 0 aliphatic rings. The first-order valence-corrected chi connectivity index (χ1v) is 8.44. The van der Waals surface area contributed by atoms with E-state index in [0.717, 1.165) is 17.1 Å². The average molecular weight is 332 g/mol. The Balaban J connectivity index is 2.00. The molecule has 3 aromatic carbocycles. The zero-order valence-corrected chi connectivity index (χ0v) is 15.5. The van der Waals surface area contributed by atoms with Crippen molar-refractivity contribution < 1.29 is 9.47 Å². The van der Waals surface area contributed by atoms with Crippen molar-refractivity contribution in [3.05, 3.63) is 71.3 Å². The maximum atomic E-state index is 5.36. The second-order valence-corrected chi connectivity index (χ2v) is 6.39. The molecule has 128 valence electrons. The summed E-state index contributed by atoms with van der Waals surface area (Å²) in [5, 5.41) is 0. The molecule has 0 fully saturated rings. The fourth-order valence-corrected chi connectivity index (χ4v) is 3.29. The molecule has 0 atom stereocenters. The van der Waals surface area contributed by atoms with Gasteiger partial charge in [0, 0.05) is 0 Å². The normalized spacial score (nSPS) is 10.6. The summed E-state index contributed by atoms with van der Waals surface area (Å²) in [6, 6.07) is 19.2. The Labute approximate surface area is 150 Å². The number of ether oxygens (including phenoxy) is 2. The highest BCUT2D eigenvalue weighted by molar-refractivity contribution is 5.76. The second kappa shape index (κ2) is 7.02. The Morgan fingerprint density at radius 1 is 0.560 bits per heavy atom. The van der Waals surface area contributed by atoms with Crippen LogP contribution in [-0.4, -0.2) is 14.2 Å². The van der Waals surface area contributed by atoms with Gasteiger partial charge >= 0.3 is 0 Å². The van der Waals surface area contributed by atoms with Gasteiger partial charge in [0.1, 0.15) is 11.5 Å². The maximum absolute atomic E-state index is 5.36. The van der Waals surface area contributed by atoms with E-state index in [1.807, 2.05) is 12.1 Å². The molecule has 0 aliphatic carbocycles. The molecule has 0 saturated heterocycles. The largest absolute Gasteiger partial charge is 0.497 e. The number of rotatable bonds is 4. The summed E-state index contributed by atoms with van der Waals surface area (Å²) >= 11 is 0. The molecule has 0 heterocycles. The highest BCUT2D eigenvalue weighted by atomic mass is 16.5. The first-order chi connectivity index (χ1) is 12.0. The molecule has 0 aromatic heterocycles. The summed E-state index contributed by atoms with van der Waals surface area (Å²) in [7, 11) is 3.41. The van der Waals surface area contributed by atoms with Crippen molar-refractivity contribution in [2.75, 3.05) is 14.2 Å². The highest BCUT2D eigenvalue weighted by Crippen LogP contribution is 2.33. The molecule has 0 radical (unpaired) electrons. The first kappa shape index (κ1) is 17.1. The third-order valence-corrected chi connectivity index (χ3v) is 4.68.